The fraction of sp³-hybridized carbons (Fsp3) is 0.111. The van der Waals surface area contributed by atoms with Gasteiger partial charge in [-0.05, 0) is 64.9 Å². The molecule has 0 radical (unpaired) electrons. The highest BCUT2D eigenvalue weighted by Crippen LogP contribution is 2.44. The van der Waals surface area contributed by atoms with E-state index in [2.05, 4.69) is 30.3 Å². The van der Waals surface area contributed by atoms with Crippen LogP contribution >= 0.6 is 23.2 Å². The lowest BCUT2D eigenvalue weighted by atomic mass is 9.95. The molecule has 0 spiro atoms. The van der Waals surface area contributed by atoms with Crippen LogP contribution in [0.25, 0.3) is 10.8 Å². The molecule has 0 amide bonds. The molecule has 0 saturated heterocycles. The van der Waals surface area contributed by atoms with Gasteiger partial charge in [-0.1, -0.05) is 59.6 Å². The Morgan fingerprint density at radius 1 is 0.879 bits per heavy atom. The molecule has 2 atom stereocenters. The van der Waals surface area contributed by atoms with E-state index in [0.717, 1.165) is 22.2 Å². The predicted molar refractivity (Wildman–Crippen MR) is 131 cm³/mol. The molecule has 6 rings (SSSR count). The first-order chi connectivity index (χ1) is 16.1. The van der Waals surface area contributed by atoms with E-state index < -0.39 is 6.23 Å². The van der Waals surface area contributed by atoms with Gasteiger partial charge in [0, 0.05) is 27.6 Å². The summed E-state index contributed by atoms with van der Waals surface area (Å²) in [5, 5.41) is 10.2. The van der Waals surface area contributed by atoms with Gasteiger partial charge in [0.15, 0.2) is 0 Å². The smallest absolute Gasteiger partial charge is 0.251 e. The van der Waals surface area contributed by atoms with Crippen LogP contribution in [-0.4, -0.2) is 22.7 Å². The van der Waals surface area contributed by atoms with E-state index in [-0.39, 0.29) is 11.8 Å². The molecular formula is C27H18Cl2N2O2. The zero-order valence-electron chi connectivity index (χ0n) is 17.4. The van der Waals surface area contributed by atoms with Gasteiger partial charge in [0.2, 0.25) is 5.78 Å². The molecule has 2 heterocycles. The lowest BCUT2D eigenvalue weighted by Gasteiger charge is -2.37. The standard InChI is InChI=1S/C27H18Cl2N2O2/c28-20-9-7-17(8-10-20)26(32)27-31-24(22-14-21(29)11-12-25(22)33-27)15-23(30-31)19-6-5-16-3-1-2-4-18(16)13-19/h1-14,24,27H,15H2/t24-,27+/m1/s1. The third-order valence-corrected chi connectivity index (χ3v) is 6.67. The number of fused-ring (bicyclic) bond motifs is 4. The number of carbonyl (C=O) groups is 1. The average molecular weight is 473 g/mol. The summed E-state index contributed by atoms with van der Waals surface area (Å²) in [6.45, 7) is 0. The molecule has 162 valence electrons. The summed E-state index contributed by atoms with van der Waals surface area (Å²) in [5.74, 6) is 0.490. The summed E-state index contributed by atoms with van der Waals surface area (Å²) in [7, 11) is 0. The van der Waals surface area contributed by atoms with Crippen LogP contribution in [0, 0.1) is 0 Å². The molecule has 2 aliphatic heterocycles. The van der Waals surface area contributed by atoms with Crippen LogP contribution in [0.2, 0.25) is 10.0 Å². The zero-order chi connectivity index (χ0) is 22.5. The second kappa shape index (κ2) is 7.91. The van der Waals surface area contributed by atoms with E-state index in [0.29, 0.717) is 27.8 Å². The normalized spacial score (nSPS) is 19.0. The summed E-state index contributed by atoms with van der Waals surface area (Å²) in [5.41, 5.74) is 3.40. The number of hydrogen-bond donors (Lipinski definition) is 0. The van der Waals surface area contributed by atoms with Gasteiger partial charge in [-0.2, -0.15) is 5.10 Å². The van der Waals surface area contributed by atoms with E-state index in [4.69, 9.17) is 33.0 Å². The molecule has 6 heteroatoms. The van der Waals surface area contributed by atoms with Gasteiger partial charge in [0.1, 0.15) is 5.75 Å². The SMILES string of the molecule is O=C(c1ccc(Cl)cc1)[C@@H]1Oc2ccc(Cl)cc2[C@H]2CC(c3ccc4ccccc4c3)=NN21. The van der Waals surface area contributed by atoms with Gasteiger partial charge < -0.3 is 4.74 Å². The highest BCUT2D eigenvalue weighted by atomic mass is 35.5. The molecule has 0 bridgehead atoms. The minimum Gasteiger partial charge on any atom is -0.461 e. The number of rotatable bonds is 3. The lowest BCUT2D eigenvalue weighted by Crippen LogP contribution is -2.45. The number of hydrazone groups is 1. The van der Waals surface area contributed by atoms with Crippen molar-refractivity contribution in [1.29, 1.82) is 0 Å². The minimum absolute atomic E-state index is 0.143. The zero-order valence-corrected chi connectivity index (χ0v) is 18.9. The Kier molecular flexibility index (Phi) is 4.86. The van der Waals surface area contributed by atoms with Crippen molar-refractivity contribution >= 4 is 45.5 Å². The molecule has 0 unspecified atom stereocenters. The largest absolute Gasteiger partial charge is 0.461 e. The summed E-state index contributed by atoms with van der Waals surface area (Å²) < 4.78 is 6.18. The van der Waals surface area contributed by atoms with Crippen LogP contribution < -0.4 is 4.74 Å². The Morgan fingerprint density at radius 3 is 2.45 bits per heavy atom. The van der Waals surface area contributed by atoms with Crippen molar-refractivity contribution in [2.24, 2.45) is 5.10 Å². The maximum Gasteiger partial charge on any atom is 0.251 e. The van der Waals surface area contributed by atoms with Crippen molar-refractivity contribution in [3.8, 4) is 5.75 Å². The van der Waals surface area contributed by atoms with Crippen LogP contribution in [0.3, 0.4) is 0 Å². The first-order valence-electron chi connectivity index (χ1n) is 10.7. The third-order valence-electron chi connectivity index (χ3n) is 6.19. The molecule has 4 aromatic rings. The second-order valence-electron chi connectivity index (χ2n) is 8.23. The number of benzene rings is 4. The first kappa shape index (κ1) is 20.3. The van der Waals surface area contributed by atoms with Gasteiger partial charge in [-0.3, -0.25) is 4.79 Å². The number of halogens is 2. The third kappa shape index (κ3) is 3.56. The topological polar surface area (TPSA) is 41.9 Å². The number of carbonyl (C=O) groups excluding carboxylic acids is 1. The van der Waals surface area contributed by atoms with Crippen LogP contribution in [0.4, 0.5) is 0 Å². The van der Waals surface area contributed by atoms with Gasteiger partial charge in [-0.25, -0.2) is 5.01 Å². The number of ketones is 1. The van der Waals surface area contributed by atoms with E-state index in [1.165, 1.54) is 5.39 Å². The highest BCUT2D eigenvalue weighted by molar-refractivity contribution is 6.31. The summed E-state index contributed by atoms with van der Waals surface area (Å²) in [4.78, 5) is 13.4. The highest BCUT2D eigenvalue weighted by Gasteiger charge is 2.43. The minimum atomic E-state index is -0.872. The number of nitrogens with zero attached hydrogens (tertiary/aromatic N) is 2. The Bertz CT molecular complexity index is 1430. The summed E-state index contributed by atoms with van der Waals surface area (Å²) >= 11 is 12.3. The van der Waals surface area contributed by atoms with E-state index >= 15 is 0 Å². The van der Waals surface area contributed by atoms with E-state index in [1.807, 2.05) is 24.3 Å². The van der Waals surface area contributed by atoms with Crippen molar-refractivity contribution in [3.63, 3.8) is 0 Å². The first-order valence-corrected chi connectivity index (χ1v) is 11.4. The average Bonchev–Trinajstić information content (AvgIpc) is 3.29. The Morgan fingerprint density at radius 2 is 1.64 bits per heavy atom. The van der Waals surface area contributed by atoms with Crippen molar-refractivity contribution in [3.05, 3.63) is 112 Å². The monoisotopic (exact) mass is 472 g/mol. The van der Waals surface area contributed by atoms with E-state index in [1.54, 1.807) is 35.3 Å². The summed E-state index contributed by atoms with van der Waals surface area (Å²) in [6.07, 6.45) is -0.220. The quantitative estimate of drug-likeness (QED) is 0.304. The molecule has 0 N–H and O–H groups in total. The second-order valence-corrected chi connectivity index (χ2v) is 9.10. The molecule has 0 aliphatic carbocycles. The van der Waals surface area contributed by atoms with E-state index in [9.17, 15) is 4.79 Å². The molecule has 0 aromatic heterocycles. The number of Topliss-reactive ketones (excluding diaryl/α,β-unsaturated/α-hetero) is 1. The lowest BCUT2D eigenvalue weighted by molar-refractivity contribution is -0.00455. The summed E-state index contributed by atoms with van der Waals surface area (Å²) in [6, 6.07) is 26.7. The fourth-order valence-electron chi connectivity index (χ4n) is 4.53. The van der Waals surface area contributed by atoms with Gasteiger partial charge in [-0.15, -0.1) is 0 Å². The molecular weight excluding hydrogens is 455 g/mol. The van der Waals surface area contributed by atoms with Crippen LogP contribution in [0.1, 0.15) is 33.9 Å². The Balaban J connectivity index is 1.43. The molecule has 4 nitrogen and oxygen atoms in total. The molecule has 4 aromatic carbocycles. The van der Waals surface area contributed by atoms with Gasteiger partial charge in [0.05, 0.1) is 11.8 Å². The number of ether oxygens (including phenoxy) is 1. The molecule has 33 heavy (non-hydrogen) atoms. The van der Waals surface area contributed by atoms with Crippen molar-refractivity contribution in [2.45, 2.75) is 18.7 Å². The molecule has 0 saturated carbocycles. The van der Waals surface area contributed by atoms with Gasteiger partial charge >= 0.3 is 0 Å². The van der Waals surface area contributed by atoms with Gasteiger partial charge in [0.25, 0.3) is 6.23 Å². The van der Waals surface area contributed by atoms with Crippen LogP contribution in [-0.2, 0) is 0 Å². The molecule has 0 fully saturated rings. The maximum absolute atomic E-state index is 13.4. The van der Waals surface area contributed by atoms with Crippen LogP contribution in [0.5, 0.6) is 5.75 Å². The molecule has 2 aliphatic rings. The van der Waals surface area contributed by atoms with Crippen molar-refractivity contribution < 1.29 is 9.53 Å². The Labute approximate surface area is 201 Å². The number of hydrogen-bond acceptors (Lipinski definition) is 4. The van der Waals surface area contributed by atoms with Crippen molar-refractivity contribution in [2.75, 3.05) is 0 Å². The fourth-order valence-corrected chi connectivity index (χ4v) is 4.84. The van der Waals surface area contributed by atoms with Crippen molar-refractivity contribution in [1.82, 2.24) is 5.01 Å². The Hall–Kier alpha value is -3.34. The van der Waals surface area contributed by atoms with Crippen LogP contribution in [0.15, 0.2) is 90.0 Å². The predicted octanol–water partition coefficient (Wildman–Crippen LogP) is 6.90. The maximum atomic E-state index is 13.4.